The number of amides is 1. The Balaban J connectivity index is 1.35. The molecular weight excluding hydrogens is 432 g/mol. The molecule has 1 saturated heterocycles. The van der Waals surface area contributed by atoms with E-state index < -0.39 is 10.0 Å². The largest absolute Gasteiger partial charge is 0.457 e. The van der Waals surface area contributed by atoms with Crippen LogP contribution in [0.2, 0.25) is 0 Å². The Hall–Kier alpha value is -2.68. The highest BCUT2D eigenvalue weighted by Gasteiger charge is 2.33. The molecule has 31 heavy (non-hydrogen) atoms. The lowest BCUT2D eigenvalue weighted by Crippen LogP contribution is -2.45. The van der Waals surface area contributed by atoms with Crippen molar-refractivity contribution in [2.24, 2.45) is 5.92 Å². The minimum absolute atomic E-state index is 0.125. The summed E-state index contributed by atoms with van der Waals surface area (Å²) in [5.41, 5.74) is 0.917. The van der Waals surface area contributed by atoms with E-state index in [2.05, 4.69) is 5.32 Å². The fourth-order valence-corrected chi connectivity index (χ4v) is 6.26. The van der Waals surface area contributed by atoms with Crippen LogP contribution in [0.3, 0.4) is 0 Å². The Labute approximate surface area is 186 Å². The van der Waals surface area contributed by atoms with Gasteiger partial charge in [-0.25, -0.2) is 8.42 Å². The van der Waals surface area contributed by atoms with Crippen molar-refractivity contribution < 1.29 is 17.9 Å². The quantitative estimate of drug-likeness (QED) is 0.576. The molecule has 0 spiro atoms. The SMILES string of the molecule is O=C(NCc1cccc(Oc2ccccc2)c1)C1CCCN(S(=O)(=O)c2cccs2)C1. The molecule has 6 nitrogen and oxygen atoms in total. The molecule has 4 rings (SSSR count). The summed E-state index contributed by atoms with van der Waals surface area (Å²) in [6.07, 6.45) is 1.35. The first-order valence-corrected chi connectivity index (χ1v) is 12.5. The van der Waals surface area contributed by atoms with Crippen molar-refractivity contribution in [3.63, 3.8) is 0 Å². The van der Waals surface area contributed by atoms with Crippen LogP contribution in [0.25, 0.3) is 0 Å². The van der Waals surface area contributed by atoms with Crippen molar-refractivity contribution in [3.8, 4) is 11.5 Å². The van der Waals surface area contributed by atoms with Crippen molar-refractivity contribution in [1.29, 1.82) is 0 Å². The first kappa shape index (κ1) is 21.5. The Bertz CT molecular complexity index is 1120. The van der Waals surface area contributed by atoms with Crippen LogP contribution in [0.15, 0.2) is 76.3 Å². The van der Waals surface area contributed by atoms with Crippen LogP contribution in [0.1, 0.15) is 18.4 Å². The van der Waals surface area contributed by atoms with Gasteiger partial charge in [-0.2, -0.15) is 4.31 Å². The first-order chi connectivity index (χ1) is 15.0. The van der Waals surface area contributed by atoms with E-state index in [0.29, 0.717) is 35.9 Å². The summed E-state index contributed by atoms with van der Waals surface area (Å²) in [5.74, 6) is 0.967. The Kier molecular flexibility index (Phi) is 6.70. The van der Waals surface area contributed by atoms with Gasteiger partial charge in [0, 0.05) is 19.6 Å². The van der Waals surface area contributed by atoms with Crippen LogP contribution in [0, 0.1) is 5.92 Å². The van der Waals surface area contributed by atoms with Crippen LogP contribution in [0.5, 0.6) is 11.5 Å². The number of nitrogens with zero attached hydrogens (tertiary/aromatic N) is 1. The van der Waals surface area contributed by atoms with Crippen molar-refractivity contribution in [2.75, 3.05) is 13.1 Å². The van der Waals surface area contributed by atoms with Crippen LogP contribution in [-0.4, -0.2) is 31.7 Å². The summed E-state index contributed by atoms with van der Waals surface area (Å²) in [4.78, 5) is 12.7. The number of piperidine rings is 1. The fraction of sp³-hybridized carbons (Fsp3) is 0.261. The average Bonchev–Trinajstić information content (AvgIpc) is 3.35. The summed E-state index contributed by atoms with van der Waals surface area (Å²) in [5, 5.41) is 4.70. The molecule has 1 fully saturated rings. The molecule has 1 N–H and O–H groups in total. The maximum atomic E-state index is 12.8. The predicted molar refractivity (Wildman–Crippen MR) is 121 cm³/mol. The van der Waals surface area contributed by atoms with Crippen LogP contribution >= 0.6 is 11.3 Å². The molecule has 1 amide bonds. The van der Waals surface area contributed by atoms with E-state index in [1.165, 1.54) is 15.6 Å². The van der Waals surface area contributed by atoms with E-state index in [-0.39, 0.29) is 18.4 Å². The Morgan fingerprint density at radius 3 is 2.65 bits per heavy atom. The number of carbonyl (C=O) groups excluding carboxylic acids is 1. The van der Waals surface area contributed by atoms with E-state index in [1.54, 1.807) is 17.5 Å². The van der Waals surface area contributed by atoms with Gasteiger partial charge in [-0.15, -0.1) is 11.3 Å². The summed E-state index contributed by atoms with van der Waals surface area (Å²) >= 11 is 1.20. The monoisotopic (exact) mass is 456 g/mol. The summed E-state index contributed by atoms with van der Waals surface area (Å²) in [6, 6.07) is 20.4. The highest BCUT2D eigenvalue weighted by molar-refractivity contribution is 7.91. The van der Waals surface area contributed by atoms with E-state index in [9.17, 15) is 13.2 Å². The topological polar surface area (TPSA) is 75.7 Å². The molecule has 2 aromatic carbocycles. The molecule has 162 valence electrons. The molecule has 2 heterocycles. The summed E-state index contributed by atoms with van der Waals surface area (Å²) < 4.78 is 33.1. The second-order valence-corrected chi connectivity index (χ2v) is 10.5. The molecular formula is C23H24N2O4S2. The van der Waals surface area contributed by atoms with Gasteiger partial charge in [0.25, 0.3) is 10.0 Å². The Morgan fingerprint density at radius 2 is 1.87 bits per heavy atom. The zero-order valence-electron chi connectivity index (χ0n) is 16.9. The minimum Gasteiger partial charge on any atom is -0.457 e. The lowest BCUT2D eigenvalue weighted by Gasteiger charge is -2.30. The number of carbonyl (C=O) groups is 1. The third kappa shape index (κ3) is 5.33. The van der Waals surface area contributed by atoms with E-state index in [1.807, 2.05) is 54.6 Å². The van der Waals surface area contributed by atoms with E-state index in [0.717, 1.165) is 11.3 Å². The fourth-order valence-electron chi connectivity index (χ4n) is 3.59. The third-order valence-electron chi connectivity index (χ3n) is 5.19. The number of thiophene rings is 1. The maximum absolute atomic E-state index is 12.8. The van der Waals surface area contributed by atoms with Crippen molar-refractivity contribution >= 4 is 27.3 Å². The molecule has 0 radical (unpaired) electrons. The van der Waals surface area contributed by atoms with E-state index >= 15 is 0 Å². The zero-order chi connectivity index (χ0) is 21.7. The number of sulfonamides is 1. The van der Waals surface area contributed by atoms with Crippen LogP contribution in [-0.2, 0) is 21.4 Å². The molecule has 1 aromatic heterocycles. The molecule has 0 aliphatic carbocycles. The van der Waals surface area contributed by atoms with Crippen LogP contribution < -0.4 is 10.1 Å². The highest BCUT2D eigenvalue weighted by Crippen LogP contribution is 2.27. The molecule has 0 bridgehead atoms. The van der Waals surface area contributed by atoms with Gasteiger partial charge < -0.3 is 10.1 Å². The van der Waals surface area contributed by atoms with Crippen molar-refractivity contribution in [2.45, 2.75) is 23.6 Å². The highest BCUT2D eigenvalue weighted by atomic mass is 32.2. The Morgan fingerprint density at radius 1 is 1.06 bits per heavy atom. The molecule has 1 atom stereocenters. The lowest BCUT2D eigenvalue weighted by molar-refractivity contribution is -0.126. The molecule has 1 aliphatic heterocycles. The number of benzene rings is 2. The van der Waals surface area contributed by atoms with Gasteiger partial charge in [0.1, 0.15) is 15.7 Å². The second kappa shape index (κ2) is 9.64. The zero-order valence-corrected chi connectivity index (χ0v) is 18.6. The first-order valence-electron chi connectivity index (χ1n) is 10.2. The number of hydrogen-bond donors (Lipinski definition) is 1. The lowest BCUT2D eigenvalue weighted by atomic mass is 9.99. The maximum Gasteiger partial charge on any atom is 0.252 e. The number of ether oxygens (including phenoxy) is 1. The van der Waals surface area contributed by atoms with Gasteiger partial charge in [-0.05, 0) is 54.1 Å². The number of nitrogens with one attached hydrogen (secondary N) is 1. The smallest absolute Gasteiger partial charge is 0.252 e. The number of hydrogen-bond acceptors (Lipinski definition) is 5. The molecule has 8 heteroatoms. The molecule has 3 aromatic rings. The predicted octanol–water partition coefficient (Wildman–Crippen LogP) is 4.26. The van der Waals surface area contributed by atoms with Gasteiger partial charge in [0.2, 0.25) is 5.91 Å². The van der Waals surface area contributed by atoms with E-state index in [4.69, 9.17) is 4.74 Å². The molecule has 0 saturated carbocycles. The molecule has 1 unspecified atom stereocenters. The van der Waals surface area contributed by atoms with Crippen LogP contribution in [0.4, 0.5) is 0 Å². The van der Waals surface area contributed by atoms with Gasteiger partial charge in [-0.1, -0.05) is 36.4 Å². The third-order valence-corrected chi connectivity index (χ3v) is 8.43. The minimum atomic E-state index is -3.53. The van der Waals surface area contributed by atoms with Gasteiger partial charge in [-0.3, -0.25) is 4.79 Å². The van der Waals surface area contributed by atoms with Gasteiger partial charge in [0.05, 0.1) is 5.92 Å². The summed E-state index contributed by atoms with van der Waals surface area (Å²) in [6.45, 7) is 1.02. The van der Waals surface area contributed by atoms with Gasteiger partial charge >= 0.3 is 0 Å². The standard InChI is InChI=1S/C23H24N2O4S2/c26-23(19-8-5-13-25(17-19)31(27,28)22-12-6-14-30-22)24-16-18-7-4-11-21(15-18)29-20-9-2-1-3-10-20/h1-4,6-7,9-12,14-15,19H,5,8,13,16-17H2,(H,24,26). The second-order valence-electron chi connectivity index (χ2n) is 7.41. The average molecular weight is 457 g/mol. The normalized spacial score (nSPS) is 17.2. The van der Waals surface area contributed by atoms with Crippen molar-refractivity contribution in [1.82, 2.24) is 9.62 Å². The van der Waals surface area contributed by atoms with Gasteiger partial charge in [0.15, 0.2) is 0 Å². The number of para-hydroxylation sites is 1. The number of rotatable bonds is 7. The molecule has 1 aliphatic rings. The van der Waals surface area contributed by atoms with Crippen molar-refractivity contribution in [3.05, 3.63) is 77.7 Å². The summed E-state index contributed by atoms with van der Waals surface area (Å²) in [7, 11) is -3.53.